The molecule has 0 radical (unpaired) electrons. The molecular weight excluding hydrogens is 306 g/mol. The number of benzene rings is 1. The number of hydrogen-bond acceptors (Lipinski definition) is 4. The van der Waals surface area contributed by atoms with Crippen molar-refractivity contribution >= 4 is 11.9 Å². The summed E-state index contributed by atoms with van der Waals surface area (Å²) in [6.45, 7) is 2.06. The Morgan fingerprint density at radius 3 is 2.62 bits per heavy atom. The van der Waals surface area contributed by atoms with E-state index in [0.717, 1.165) is 32.1 Å². The molecule has 0 aromatic heterocycles. The third-order valence-electron chi connectivity index (χ3n) is 5.39. The molecule has 5 nitrogen and oxygen atoms in total. The molecule has 4 atom stereocenters. The van der Waals surface area contributed by atoms with E-state index in [1.54, 1.807) is 12.1 Å². The van der Waals surface area contributed by atoms with Crippen molar-refractivity contribution in [2.45, 2.75) is 69.7 Å². The van der Waals surface area contributed by atoms with Crippen LogP contribution in [-0.4, -0.2) is 46.2 Å². The lowest BCUT2D eigenvalue weighted by atomic mass is 9.83. The van der Waals surface area contributed by atoms with Crippen LogP contribution in [0.15, 0.2) is 30.3 Å². The van der Waals surface area contributed by atoms with Crippen LogP contribution in [0.3, 0.4) is 0 Å². The van der Waals surface area contributed by atoms with Gasteiger partial charge in [-0.15, -0.1) is 0 Å². The fourth-order valence-corrected chi connectivity index (χ4v) is 4.28. The third-order valence-corrected chi connectivity index (χ3v) is 5.39. The molecule has 2 aliphatic rings. The number of nitrogens with zero attached hydrogens (tertiary/aromatic N) is 1. The number of carbonyl (C=O) groups is 2. The van der Waals surface area contributed by atoms with Crippen LogP contribution in [0.5, 0.6) is 0 Å². The minimum Gasteiger partial charge on any atom is -0.481 e. The number of esters is 1. The largest absolute Gasteiger partial charge is 0.481 e. The molecule has 1 aromatic rings. The molecule has 2 fully saturated rings. The summed E-state index contributed by atoms with van der Waals surface area (Å²) < 4.78 is 5.76. The van der Waals surface area contributed by atoms with Gasteiger partial charge in [-0.25, -0.2) is 4.79 Å². The number of rotatable bonds is 4. The first-order chi connectivity index (χ1) is 11.6. The van der Waals surface area contributed by atoms with Gasteiger partial charge in [0.05, 0.1) is 12.0 Å². The predicted molar refractivity (Wildman–Crippen MR) is 89.9 cm³/mol. The first-order valence-electron chi connectivity index (χ1n) is 8.81. The minimum absolute atomic E-state index is 0.0504. The fourth-order valence-electron chi connectivity index (χ4n) is 4.28. The summed E-state index contributed by atoms with van der Waals surface area (Å²) in [5.41, 5.74) is 0.563. The van der Waals surface area contributed by atoms with Gasteiger partial charge in [0.2, 0.25) is 0 Å². The van der Waals surface area contributed by atoms with Crippen LogP contribution in [-0.2, 0) is 9.53 Å². The van der Waals surface area contributed by atoms with Gasteiger partial charge in [0.1, 0.15) is 6.10 Å². The zero-order chi connectivity index (χ0) is 17.1. The average Bonchev–Trinajstić information content (AvgIpc) is 2.57. The van der Waals surface area contributed by atoms with Gasteiger partial charge in [0.15, 0.2) is 0 Å². The Kier molecular flexibility index (Phi) is 5.19. The Morgan fingerprint density at radius 2 is 1.92 bits per heavy atom. The number of hydrogen-bond donors (Lipinski definition) is 1. The molecule has 0 bridgehead atoms. The van der Waals surface area contributed by atoms with Gasteiger partial charge < -0.3 is 9.84 Å². The highest BCUT2D eigenvalue weighted by Gasteiger charge is 2.42. The van der Waals surface area contributed by atoms with Crippen LogP contribution in [0.4, 0.5) is 0 Å². The van der Waals surface area contributed by atoms with Crippen LogP contribution in [0, 0.1) is 0 Å². The van der Waals surface area contributed by atoms with Gasteiger partial charge in [0.25, 0.3) is 0 Å². The van der Waals surface area contributed by atoms with Crippen molar-refractivity contribution in [1.29, 1.82) is 0 Å². The van der Waals surface area contributed by atoms with E-state index in [-0.39, 0.29) is 30.6 Å². The fraction of sp³-hybridized carbons (Fsp3) is 0.579. The number of ether oxygens (including phenoxy) is 1. The quantitative estimate of drug-likeness (QED) is 0.859. The monoisotopic (exact) mass is 331 g/mol. The zero-order valence-electron chi connectivity index (χ0n) is 14.1. The molecule has 0 amide bonds. The first-order valence-corrected chi connectivity index (χ1v) is 8.81. The molecule has 5 heteroatoms. The second-order valence-corrected chi connectivity index (χ2v) is 6.91. The number of aliphatic carboxylic acids is 1. The summed E-state index contributed by atoms with van der Waals surface area (Å²) in [4.78, 5) is 25.8. The SMILES string of the molecule is C[C@H]1[C@H](OC(=O)c2ccccc2)CC[C@@H]2CCC[C@H](CC(=O)O)N21. The number of fused-ring (bicyclic) bond motifs is 1. The normalized spacial score (nSPS) is 30.4. The highest BCUT2D eigenvalue weighted by Crippen LogP contribution is 2.36. The summed E-state index contributed by atoms with van der Waals surface area (Å²) >= 11 is 0. The van der Waals surface area contributed by atoms with Crippen molar-refractivity contribution < 1.29 is 19.4 Å². The lowest BCUT2D eigenvalue weighted by Gasteiger charge is -2.50. The molecule has 130 valence electrons. The number of carboxylic acid groups (broad SMARTS) is 1. The predicted octanol–water partition coefficient (Wildman–Crippen LogP) is 3.09. The summed E-state index contributed by atoms with van der Waals surface area (Å²) in [6.07, 6.45) is 4.91. The molecule has 1 aromatic carbocycles. The second-order valence-electron chi connectivity index (χ2n) is 6.91. The van der Waals surface area contributed by atoms with Crippen molar-refractivity contribution in [3.8, 4) is 0 Å². The maximum absolute atomic E-state index is 12.3. The topological polar surface area (TPSA) is 66.8 Å². The van der Waals surface area contributed by atoms with E-state index < -0.39 is 5.97 Å². The maximum atomic E-state index is 12.3. The Hall–Kier alpha value is -1.88. The van der Waals surface area contributed by atoms with Crippen LogP contribution in [0.25, 0.3) is 0 Å². The lowest BCUT2D eigenvalue weighted by molar-refractivity contribution is -0.141. The third kappa shape index (κ3) is 3.61. The highest BCUT2D eigenvalue weighted by molar-refractivity contribution is 5.89. The van der Waals surface area contributed by atoms with Crippen molar-refractivity contribution in [1.82, 2.24) is 4.90 Å². The molecule has 0 unspecified atom stereocenters. The van der Waals surface area contributed by atoms with E-state index in [4.69, 9.17) is 4.74 Å². The number of piperidine rings is 2. The number of carboxylic acids is 1. The molecule has 2 aliphatic heterocycles. The van der Waals surface area contributed by atoms with E-state index in [9.17, 15) is 14.7 Å². The minimum atomic E-state index is -0.753. The molecular formula is C19H25NO4. The second kappa shape index (κ2) is 7.34. The van der Waals surface area contributed by atoms with Crippen molar-refractivity contribution in [2.24, 2.45) is 0 Å². The van der Waals surface area contributed by atoms with E-state index in [1.165, 1.54) is 0 Å². The summed E-state index contributed by atoms with van der Waals surface area (Å²) in [5, 5.41) is 9.19. The molecule has 0 aliphatic carbocycles. The molecule has 2 heterocycles. The molecule has 0 saturated carbocycles. The summed E-state index contributed by atoms with van der Waals surface area (Å²) in [6, 6.07) is 9.56. The molecule has 3 rings (SSSR count). The van der Waals surface area contributed by atoms with E-state index in [0.29, 0.717) is 11.6 Å². The van der Waals surface area contributed by atoms with Crippen molar-refractivity contribution in [2.75, 3.05) is 0 Å². The Labute approximate surface area is 142 Å². The van der Waals surface area contributed by atoms with Gasteiger partial charge in [-0.05, 0) is 44.7 Å². The Morgan fingerprint density at radius 1 is 1.17 bits per heavy atom. The average molecular weight is 331 g/mol. The van der Waals surface area contributed by atoms with Gasteiger partial charge in [-0.1, -0.05) is 24.6 Å². The van der Waals surface area contributed by atoms with E-state index in [1.807, 2.05) is 18.2 Å². The van der Waals surface area contributed by atoms with E-state index in [2.05, 4.69) is 11.8 Å². The standard InChI is InChI=1S/C19H25NO4/c1-13-17(24-19(23)14-6-3-2-4-7-14)11-10-15-8-5-9-16(20(13)15)12-18(21)22/h2-4,6-7,13,15-17H,5,8-12H2,1H3,(H,21,22)/t13-,15-,16+,17+/m0/s1. The zero-order valence-corrected chi connectivity index (χ0v) is 14.1. The summed E-state index contributed by atoms with van der Waals surface area (Å²) in [5.74, 6) is -1.05. The highest BCUT2D eigenvalue weighted by atomic mass is 16.5. The number of carbonyl (C=O) groups excluding carboxylic acids is 1. The smallest absolute Gasteiger partial charge is 0.338 e. The van der Waals surface area contributed by atoms with Crippen LogP contribution >= 0.6 is 0 Å². The molecule has 24 heavy (non-hydrogen) atoms. The maximum Gasteiger partial charge on any atom is 0.338 e. The van der Waals surface area contributed by atoms with Crippen LogP contribution in [0.1, 0.15) is 55.8 Å². The molecule has 1 N–H and O–H groups in total. The van der Waals surface area contributed by atoms with Gasteiger partial charge in [-0.3, -0.25) is 9.69 Å². The molecule has 0 spiro atoms. The van der Waals surface area contributed by atoms with Gasteiger partial charge >= 0.3 is 11.9 Å². The van der Waals surface area contributed by atoms with E-state index >= 15 is 0 Å². The molecule has 2 saturated heterocycles. The van der Waals surface area contributed by atoms with Crippen LogP contribution in [0.2, 0.25) is 0 Å². The first kappa shape index (κ1) is 17.0. The van der Waals surface area contributed by atoms with Crippen molar-refractivity contribution in [3.63, 3.8) is 0 Å². The Balaban J connectivity index is 1.70. The van der Waals surface area contributed by atoms with Gasteiger partial charge in [0, 0.05) is 18.1 Å². The summed E-state index contributed by atoms with van der Waals surface area (Å²) in [7, 11) is 0. The van der Waals surface area contributed by atoms with Crippen LogP contribution < -0.4 is 0 Å². The van der Waals surface area contributed by atoms with Crippen molar-refractivity contribution in [3.05, 3.63) is 35.9 Å². The lowest BCUT2D eigenvalue weighted by Crippen LogP contribution is -2.59. The van der Waals surface area contributed by atoms with Gasteiger partial charge in [-0.2, -0.15) is 0 Å². The Bertz CT molecular complexity index is 588.